The summed E-state index contributed by atoms with van der Waals surface area (Å²) < 4.78 is 1.07. The van der Waals surface area contributed by atoms with Crippen LogP contribution in [0.15, 0.2) is 40.2 Å². The summed E-state index contributed by atoms with van der Waals surface area (Å²) in [6, 6.07) is 8.15. The molecule has 1 atom stereocenters. The molecule has 1 fully saturated rings. The zero-order valence-electron chi connectivity index (χ0n) is 13.3. The molecular formula is C17H20ClN3OS2. The molecule has 1 N–H and O–H groups in total. The smallest absolute Gasteiger partial charge is 0.222 e. The van der Waals surface area contributed by atoms with Crippen molar-refractivity contribution in [1.29, 1.82) is 0 Å². The number of aromatic nitrogens is 1. The largest absolute Gasteiger partial charge is 0.338 e. The van der Waals surface area contributed by atoms with Gasteiger partial charge in [0.1, 0.15) is 4.34 Å². The normalized spacial score (nSPS) is 17.6. The number of hydrogen-bond donors (Lipinski definition) is 1. The lowest BCUT2D eigenvalue weighted by Crippen LogP contribution is -2.41. The molecule has 0 aliphatic carbocycles. The van der Waals surface area contributed by atoms with E-state index in [0.29, 0.717) is 12.5 Å². The molecule has 1 aliphatic rings. The van der Waals surface area contributed by atoms with Crippen LogP contribution in [0.4, 0.5) is 0 Å². The molecule has 24 heavy (non-hydrogen) atoms. The Kier molecular flexibility index (Phi) is 6.54. The maximum Gasteiger partial charge on any atom is 0.222 e. The first-order valence-electron chi connectivity index (χ1n) is 7.99. The Morgan fingerprint density at radius 1 is 1.38 bits per heavy atom. The molecule has 2 aromatic rings. The third-order valence-corrected chi connectivity index (χ3v) is 6.24. The third kappa shape index (κ3) is 4.96. The van der Waals surface area contributed by atoms with Crippen molar-refractivity contribution in [3.63, 3.8) is 0 Å². The van der Waals surface area contributed by atoms with Crippen molar-refractivity contribution < 1.29 is 4.79 Å². The Bertz CT molecular complexity index is 648. The average Bonchev–Trinajstić information content (AvgIpc) is 3.21. The molecule has 0 radical (unpaired) electrons. The van der Waals surface area contributed by atoms with E-state index in [2.05, 4.69) is 10.3 Å². The number of halogens is 1. The van der Waals surface area contributed by atoms with Gasteiger partial charge in [-0.15, -0.1) is 11.3 Å². The molecule has 2 heterocycles. The van der Waals surface area contributed by atoms with E-state index in [1.54, 1.807) is 23.1 Å². The van der Waals surface area contributed by atoms with Crippen LogP contribution in [-0.2, 0) is 11.3 Å². The minimum absolute atomic E-state index is 0.271. The number of hydrogen-bond acceptors (Lipinski definition) is 5. The van der Waals surface area contributed by atoms with Crippen molar-refractivity contribution in [2.45, 2.75) is 29.8 Å². The highest BCUT2D eigenvalue weighted by atomic mass is 35.5. The number of nitrogens with zero attached hydrogens (tertiary/aromatic N) is 2. The average molecular weight is 382 g/mol. The van der Waals surface area contributed by atoms with Crippen molar-refractivity contribution >= 4 is 40.6 Å². The first-order valence-corrected chi connectivity index (χ1v) is 10.2. The number of thioether (sulfide) groups is 1. The van der Waals surface area contributed by atoms with Crippen LogP contribution >= 0.6 is 34.7 Å². The topological polar surface area (TPSA) is 45.2 Å². The summed E-state index contributed by atoms with van der Waals surface area (Å²) in [5.74, 6) is 1.17. The van der Waals surface area contributed by atoms with Crippen LogP contribution in [0.25, 0.3) is 0 Å². The molecular weight excluding hydrogens is 362 g/mol. The van der Waals surface area contributed by atoms with Gasteiger partial charge in [-0.3, -0.25) is 4.79 Å². The van der Waals surface area contributed by atoms with Gasteiger partial charge in [-0.25, -0.2) is 4.98 Å². The van der Waals surface area contributed by atoms with E-state index in [9.17, 15) is 4.79 Å². The van der Waals surface area contributed by atoms with Gasteiger partial charge in [-0.05, 0) is 24.1 Å². The van der Waals surface area contributed by atoms with Crippen molar-refractivity contribution in [2.75, 3.05) is 18.8 Å². The number of carbonyl (C=O) groups is 1. The summed E-state index contributed by atoms with van der Waals surface area (Å²) >= 11 is 9.27. The molecule has 7 heteroatoms. The van der Waals surface area contributed by atoms with E-state index in [-0.39, 0.29) is 5.91 Å². The second-order valence-corrected chi connectivity index (χ2v) is 8.36. The van der Waals surface area contributed by atoms with Crippen LogP contribution in [0.1, 0.15) is 18.4 Å². The maximum absolute atomic E-state index is 12.1. The number of amides is 1. The lowest BCUT2D eigenvalue weighted by atomic mass is 10.2. The van der Waals surface area contributed by atoms with E-state index in [1.807, 2.05) is 40.7 Å². The number of likely N-dealkylation sites (tertiary alicyclic amines) is 1. The SMILES string of the molecule is O=C1CC[C@H](CNCc2ccc(Cl)cc2)N1CCSc1nccs1. The number of rotatable bonds is 8. The highest BCUT2D eigenvalue weighted by Crippen LogP contribution is 2.23. The predicted molar refractivity (Wildman–Crippen MR) is 101 cm³/mol. The monoisotopic (exact) mass is 381 g/mol. The zero-order valence-corrected chi connectivity index (χ0v) is 15.7. The van der Waals surface area contributed by atoms with Gasteiger partial charge in [-0.2, -0.15) is 0 Å². The molecule has 0 bridgehead atoms. The second-order valence-electron chi connectivity index (χ2n) is 5.68. The maximum atomic E-state index is 12.1. The molecule has 4 nitrogen and oxygen atoms in total. The van der Waals surface area contributed by atoms with Crippen molar-refractivity contribution in [3.8, 4) is 0 Å². The summed E-state index contributed by atoms with van der Waals surface area (Å²) in [5.41, 5.74) is 1.20. The van der Waals surface area contributed by atoms with Crippen molar-refractivity contribution in [1.82, 2.24) is 15.2 Å². The molecule has 3 rings (SSSR count). The minimum atomic E-state index is 0.271. The van der Waals surface area contributed by atoms with Gasteiger partial charge >= 0.3 is 0 Å². The summed E-state index contributed by atoms with van der Waals surface area (Å²) in [4.78, 5) is 18.4. The van der Waals surface area contributed by atoms with Crippen LogP contribution < -0.4 is 5.32 Å². The lowest BCUT2D eigenvalue weighted by Gasteiger charge is -2.25. The number of carbonyl (C=O) groups excluding carboxylic acids is 1. The first kappa shape index (κ1) is 17.7. The fraction of sp³-hybridized carbons (Fsp3) is 0.412. The van der Waals surface area contributed by atoms with Gasteiger partial charge in [-0.1, -0.05) is 35.5 Å². The Balaban J connectivity index is 1.43. The highest BCUT2D eigenvalue weighted by Gasteiger charge is 2.29. The summed E-state index contributed by atoms with van der Waals surface area (Å²) in [5, 5.41) is 6.20. The fourth-order valence-corrected chi connectivity index (χ4v) is 4.58. The van der Waals surface area contributed by atoms with Crippen LogP contribution in [0, 0.1) is 0 Å². The van der Waals surface area contributed by atoms with Gasteiger partial charge in [0, 0.05) is 54.4 Å². The molecule has 0 saturated carbocycles. The van der Waals surface area contributed by atoms with E-state index < -0.39 is 0 Å². The quantitative estimate of drug-likeness (QED) is 0.708. The summed E-state index contributed by atoms with van der Waals surface area (Å²) in [6.45, 7) is 2.41. The van der Waals surface area contributed by atoms with Gasteiger partial charge < -0.3 is 10.2 Å². The molecule has 1 saturated heterocycles. The number of benzene rings is 1. The van der Waals surface area contributed by atoms with Gasteiger partial charge in [0.05, 0.1) is 0 Å². The van der Waals surface area contributed by atoms with E-state index in [4.69, 9.17) is 11.6 Å². The molecule has 1 aliphatic heterocycles. The van der Waals surface area contributed by atoms with Gasteiger partial charge in [0.15, 0.2) is 0 Å². The minimum Gasteiger partial charge on any atom is -0.338 e. The molecule has 0 unspecified atom stereocenters. The van der Waals surface area contributed by atoms with E-state index in [1.165, 1.54) is 5.56 Å². The zero-order chi connectivity index (χ0) is 16.8. The van der Waals surface area contributed by atoms with Crippen LogP contribution in [0.2, 0.25) is 5.02 Å². The molecule has 0 spiro atoms. The Hall–Kier alpha value is -1.08. The van der Waals surface area contributed by atoms with Crippen LogP contribution in [0.3, 0.4) is 0 Å². The highest BCUT2D eigenvalue weighted by molar-refractivity contribution is 8.01. The van der Waals surface area contributed by atoms with Crippen molar-refractivity contribution in [2.24, 2.45) is 0 Å². The molecule has 1 amide bonds. The van der Waals surface area contributed by atoms with Crippen molar-refractivity contribution in [3.05, 3.63) is 46.4 Å². The Morgan fingerprint density at radius 3 is 2.96 bits per heavy atom. The van der Waals surface area contributed by atoms with Crippen LogP contribution in [0.5, 0.6) is 0 Å². The molecule has 128 valence electrons. The standard InChI is InChI=1S/C17H20ClN3OS2/c18-14-3-1-13(2-4-14)11-19-12-15-5-6-16(22)21(15)8-10-24-17-20-7-9-23-17/h1-4,7,9,15,19H,5-6,8,10-12H2/t15-/m1/s1. The molecule has 1 aromatic heterocycles. The third-order valence-electron chi connectivity index (χ3n) is 4.04. The fourth-order valence-electron chi connectivity index (χ4n) is 2.81. The van der Waals surface area contributed by atoms with Crippen LogP contribution in [-0.4, -0.2) is 40.7 Å². The van der Waals surface area contributed by atoms with Gasteiger partial charge in [0.25, 0.3) is 0 Å². The summed E-state index contributed by atoms with van der Waals surface area (Å²) in [7, 11) is 0. The molecule has 1 aromatic carbocycles. The van der Waals surface area contributed by atoms with E-state index >= 15 is 0 Å². The second kappa shape index (κ2) is 8.85. The predicted octanol–water partition coefficient (Wildman–Crippen LogP) is 3.67. The van der Waals surface area contributed by atoms with Gasteiger partial charge in [0.2, 0.25) is 5.91 Å². The Morgan fingerprint density at radius 2 is 2.21 bits per heavy atom. The first-order chi connectivity index (χ1) is 11.7. The van der Waals surface area contributed by atoms with E-state index in [0.717, 1.165) is 41.2 Å². The lowest BCUT2D eigenvalue weighted by molar-refractivity contribution is -0.128. The summed E-state index contributed by atoms with van der Waals surface area (Å²) in [6.07, 6.45) is 3.42. The number of nitrogens with one attached hydrogen (secondary N) is 1. The number of thiazole rings is 1. The Labute approximate surface area is 155 Å².